The molecular formula is C34H31N3O7S2. The number of ether oxygens (including phenoxy) is 2. The first kappa shape index (κ1) is 31.8. The Bertz CT molecular complexity index is 1930. The third kappa shape index (κ3) is 7.28. The lowest BCUT2D eigenvalue weighted by molar-refractivity contribution is -0.245. The summed E-state index contributed by atoms with van der Waals surface area (Å²) in [5, 5.41) is 20.2. The fourth-order valence-corrected chi connectivity index (χ4v) is 7.40. The predicted octanol–water partition coefficient (Wildman–Crippen LogP) is 5.64. The summed E-state index contributed by atoms with van der Waals surface area (Å²) in [6.45, 7) is 0.0153. The monoisotopic (exact) mass is 657 g/mol. The Balaban J connectivity index is 1.18. The van der Waals surface area contributed by atoms with E-state index in [2.05, 4.69) is 14.7 Å². The molecule has 1 aliphatic heterocycles. The number of aliphatic hydroxyl groups excluding tert-OH is 1. The van der Waals surface area contributed by atoms with E-state index < -0.39 is 22.3 Å². The lowest BCUT2D eigenvalue weighted by Gasteiger charge is -2.36. The summed E-state index contributed by atoms with van der Waals surface area (Å²) < 4.78 is 41.8. The molecule has 10 nitrogen and oxygen atoms in total. The maximum atomic E-state index is 13.2. The molecule has 2 aromatic heterocycles. The van der Waals surface area contributed by atoms with Crippen LogP contribution in [0, 0.1) is 0 Å². The predicted molar refractivity (Wildman–Crippen MR) is 173 cm³/mol. The van der Waals surface area contributed by atoms with Gasteiger partial charge in [-0.25, -0.2) is 22.9 Å². The third-order valence-corrected chi connectivity index (χ3v) is 10.2. The number of rotatable bonds is 11. The Labute approximate surface area is 270 Å². The van der Waals surface area contributed by atoms with Gasteiger partial charge in [0.05, 0.1) is 29.9 Å². The number of aliphatic hydroxyl groups is 1. The summed E-state index contributed by atoms with van der Waals surface area (Å²) in [6, 6.07) is 26.6. The number of pyridine rings is 2. The van der Waals surface area contributed by atoms with E-state index in [0.29, 0.717) is 22.7 Å². The van der Waals surface area contributed by atoms with Crippen molar-refractivity contribution in [3.05, 3.63) is 131 Å². The molecule has 1 unspecified atom stereocenters. The standard InChI is InChI=1S/C34H31N3O7S2/c38-20-23-10-12-24(13-11-23)29-18-27(21-45-32-28(33(39)40)6-3-17-36-32)43-34(44-29)26-14-8-22(9-15-26)19-37-46(41,42)30-7-1-4-25-5-2-16-35-31(25)30/h1-17,27,29,34,37-38H,18-21H2,(H,39,40)/t27-,29+,34?/m0/s1. The van der Waals surface area contributed by atoms with Crippen molar-refractivity contribution in [1.29, 1.82) is 0 Å². The highest BCUT2D eigenvalue weighted by Crippen LogP contribution is 2.39. The summed E-state index contributed by atoms with van der Waals surface area (Å²) in [5.74, 6) is -0.593. The van der Waals surface area contributed by atoms with E-state index in [9.17, 15) is 23.4 Å². The Hall–Kier alpha value is -4.17. The largest absolute Gasteiger partial charge is 0.478 e. The van der Waals surface area contributed by atoms with Gasteiger partial charge in [0.15, 0.2) is 6.29 Å². The van der Waals surface area contributed by atoms with Crippen LogP contribution in [-0.2, 0) is 32.6 Å². The number of carboxylic acid groups (broad SMARTS) is 1. The Morgan fingerprint density at radius 3 is 2.33 bits per heavy atom. The summed E-state index contributed by atoms with van der Waals surface area (Å²) in [7, 11) is -3.83. The number of carbonyl (C=O) groups is 1. The Morgan fingerprint density at radius 1 is 0.870 bits per heavy atom. The molecule has 1 fully saturated rings. The topological polar surface area (TPSA) is 148 Å². The summed E-state index contributed by atoms with van der Waals surface area (Å²) in [5.41, 5.74) is 3.76. The number of para-hydroxylation sites is 1. The molecule has 236 valence electrons. The van der Waals surface area contributed by atoms with Crippen molar-refractivity contribution in [3.63, 3.8) is 0 Å². The van der Waals surface area contributed by atoms with Crippen LogP contribution in [0.5, 0.6) is 0 Å². The molecule has 0 saturated carbocycles. The zero-order valence-corrected chi connectivity index (χ0v) is 26.2. The SMILES string of the molecule is O=C(O)c1cccnc1SC[C@@H]1C[C@H](c2ccc(CO)cc2)OC(c2ccc(CNS(=O)(=O)c3cccc4cccnc34)cc2)O1. The fraction of sp³-hybridized carbons (Fsp3) is 0.206. The van der Waals surface area contributed by atoms with Gasteiger partial charge in [0, 0.05) is 42.1 Å². The summed E-state index contributed by atoms with van der Waals surface area (Å²) >= 11 is 1.32. The lowest BCUT2D eigenvalue weighted by atomic mass is 10.0. The minimum Gasteiger partial charge on any atom is -0.478 e. The van der Waals surface area contributed by atoms with E-state index in [0.717, 1.165) is 27.6 Å². The van der Waals surface area contributed by atoms with Crippen LogP contribution < -0.4 is 4.72 Å². The minimum absolute atomic E-state index is 0.0614. The second-order valence-electron chi connectivity index (χ2n) is 10.7. The number of nitrogens with one attached hydrogen (secondary N) is 1. The zero-order chi connectivity index (χ0) is 32.1. The number of thioether (sulfide) groups is 1. The normalized spacial score (nSPS) is 18.4. The molecule has 0 spiro atoms. The van der Waals surface area contributed by atoms with Gasteiger partial charge in [-0.15, -0.1) is 11.8 Å². The first-order valence-corrected chi connectivity index (χ1v) is 17.0. The molecule has 0 bridgehead atoms. The maximum absolute atomic E-state index is 13.2. The number of benzene rings is 3. The lowest BCUT2D eigenvalue weighted by Crippen LogP contribution is -2.31. The molecule has 6 rings (SSSR count). The summed E-state index contributed by atoms with van der Waals surface area (Å²) in [6.07, 6.45) is 2.32. The molecule has 0 radical (unpaired) electrons. The van der Waals surface area contributed by atoms with Gasteiger partial charge < -0.3 is 19.7 Å². The van der Waals surface area contributed by atoms with Gasteiger partial charge in [-0.3, -0.25) is 4.98 Å². The van der Waals surface area contributed by atoms with Crippen molar-refractivity contribution in [1.82, 2.24) is 14.7 Å². The molecule has 3 heterocycles. The molecule has 1 aliphatic rings. The van der Waals surface area contributed by atoms with E-state index in [-0.39, 0.29) is 35.8 Å². The molecule has 3 N–H and O–H groups in total. The van der Waals surface area contributed by atoms with Crippen LogP contribution in [0.1, 0.15) is 51.4 Å². The molecule has 0 aliphatic carbocycles. The fourth-order valence-electron chi connectivity index (χ4n) is 5.21. The molecule has 3 aromatic carbocycles. The van der Waals surface area contributed by atoms with E-state index in [1.54, 1.807) is 30.6 Å². The highest BCUT2D eigenvalue weighted by molar-refractivity contribution is 7.99. The van der Waals surface area contributed by atoms with Gasteiger partial charge in [0.2, 0.25) is 10.0 Å². The van der Waals surface area contributed by atoms with Crippen LogP contribution in [0.25, 0.3) is 10.9 Å². The van der Waals surface area contributed by atoms with Crippen LogP contribution in [0.3, 0.4) is 0 Å². The second kappa shape index (κ2) is 14.1. The van der Waals surface area contributed by atoms with E-state index in [1.165, 1.54) is 23.9 Å². The van der Waals surface area contributed by atoms with Crippen molar-refractivity contribution < 1.29 is 32.9 Å². The summed E-state index contributed by atoms with van der Waals surface area (Å²) in [4.78, 5) is 20.3. The van der Waals surface area contributed by atoms with E-state index in [1.807, 2.05) is 60.7 Å². The Morgan fingerprint density at radius 2 is 1.57 bits per heavy atom. The van der Waals surface area contributed by atoms with Crippen LogP contribution in [0.15, 0.2) is 113 Å². The van der Waals surface area contributed by atoms with E-state index in [4.69, 9.17) is 9.47 Å². The number of carboxylic acids is 1. The van der Waals surface area contributed by atoms with Crippen molar-refractivity contribution >= 4 is 38.7 Å². The second-order valence-corrected chi connectivity index (χ2v) is 13.5. The van der Waals surface area contributed by atoms with Crippen LogP contribution in [-0.4, -0.2) is 46.4 Å². The van der Waals surface area contributed by atoms with Gasteiger partial charge >= 0.3 is 5.97 Å². The van der Waals surface area contributed by atoms with Gasteiger partial charge in [0.25, 0.3) is 0 Å². The smallest absolute Gasteiger partial charge is 0.338 e. The van der Waals surface area contributed by atoms with Gasteiger partial charge in [-0.2, -0.15) is 0 Å². The van der Waals surface area contributed by atoms with Gasteiger partial charge in [-0.1, -0.05) is 66.7 Å². The number of nitrogens with zero attached hydrogens (tertiary/aromatic N) is 2. The average molecular weight is 658 g/mol. The van der Waals surface area contributed by atoms with Crippen molar-refractivity contribution in [2.75, 3.05) is 5.75 Å². The molecule has 1 saturated heterocycles. The number of hydrogen-bond donors (Lipinski definition) is 3. The van der Waals surface area contributed by atoms with Crippen LogP contribution >= 0.6 is 11.8 Å². The molecule has 0 amide bonds. The molecule has 3 atom stereocenters. The quantitative estimate of drug-likeness (QED) is 0.153. The molecule has 5 aromatic rings. The third-order valence-electron chi connectivity index (χ3n) is 7.63. The number of sulfonamides is 1. The molecular weight excluding hydrogens is 627 g/mol. The first-order chi connectivity index (χ1) is 22.3. The Kier molecular flexibility index (Phi) is 9.73. The van der Waals surface area contributed by atoms with Crippen molar-refractivity contribution in [2.24, 2.45) is 0 Å². The van der Waals surface area contributed by atoms with Gasteiger partial charge in [0.1, 0.15) is 9.92 Å². The number of fused-ring (bicyclic) bond motifs is 1. The average Bonchev–Trinajstić information content (AvgIpc) is 3.10. The first-order valence-electron chi connectivity index (χ1n) is 14.5. The van der Waals surface area contributed by atoms with Crippen LogP contribution in [0.4, 0.5) is 0 Å². The molecule has 12 heteroatoms. The number of aromatic carboxylic acids is 1. The highest BCUT2D eigenvalue weighted by Gasteiger charge is 2.32. The number of aromatic nitrogens is 2. The highest BCUT2D eigenvalue weighted by atomic mass is 32.2. The maximum Gasteiger partial charge on any atom is 0.338 e. The van der Waals surface area contributed by atoms with E-state index >= 15 is 0 Å². The van der Waals surface area contributed by atoms with Gasteiger partial charge in [-0.05, 0) is 41.0 Å². The molecule has 46 heavy (non-hydrogen) atoms. The number of hydrogen-bond acceptors (Lipinski definition) is 9. The van der Waals surface area contributed by atoms with Crippen LogP contribution in [0.2, 0.25) is 0 Å². The van der Waals surface area contributed by atoms with Crippen molar-refractivity contribution in [2.45, 2.75) is 48.0 Å². The minimum atomic E-state index is -3.83. The zero-order valence-electron chi connectivity index (χ0n) is 24.5. The van der Waals surface area contributed by atoms with Crippen molar-refractivity contribution in [3.8, 4) is 0 Å².